The number of rotatable bonds is 4. The highest BCUT2D eigenvalue weighted by molar-refractivity contribution is 7.89. The third-order valence-electron chi connectivity index (χ3n) is 5.37. The second kappa shape index (κ2) is 7.21. The number of carbonyl (C=O) groups is 2. The average Bonchev–Trinajstić information content (AvgIpc) is 3.05. The van der Waals surface area contributed by atoms with E-state index >= 15 is 0 Å². The molecule has 148 valence electrons. The minimum Gasteiger partial charge on any atom is -0.480 e. The smallest absolute Gasteiger partial charge is 0.329 e. The summed E-state index contributed by atoms with van der Waals surface area (Å²) in [5.41, 5.74) is -0.548. The van der Waals surface area contributed by atoms with Crippen molar-refractivity contribution >= 4 is 21.9 Å². The van der Waals surface area contributed by atoms with E-state index in [4.69, 9.17) is 4.74 Å². The third-order valence-corrected chi connectivity index (χ3v) is 7.41. The lowest BCUT2D eigenvalue weighted by molar-refractivity contribution is -0.147. The van der Waals surface area contributed by atoms with Gasteiger partial charge in [0.15, 0.2) is 0 Å². The summed E-state index contributed by atoms with van der Waals surface area (Å²) in [6.45, 7) is 4.75. The van der Waals surface area contributed by atoms with E-state index in [1.807, 2.05) is 0 Å². The molecule has 0 saturated carbocycles. The van der Waals surface area contributed by atoms with Crippen molar-refractivity contribution in [3.05, 3.63) is 29.3 Å². The zero-order chi connectivity index (χ0) is 19.8. The summed E-state index contributed by atoms with van der Waals surface area (Å²) in [6, 6.07) is 4.51. The van der Waals surface area contributed by atoms with Crippen molar-refractivity contribution in [3.63, 3.8) is 0 Å². The standard InChI is InChI=1S/C18H24N2O6S/c1-13-4-5-14(16(21)20-7-3-6-18(20,2)17(22)23)12-15(13)27(24,25)19-8-10-26-11-9-19/h4-5,12H,3,6-11H2,1-2H3,(H,22,23). The zero-order valence-electron chi connectivity index (χ0n) is 15.5. The lowest BCUT2D eigenvalue weighted by Crippen LogP contribution is -2.50. The van der Waals surface area contributed by atoms with E-state index in [0.717, 1.165) is 0 Å². The van der Waals surface area contributed by atoms with Gasteiger partial charge in [0.1, 0.15) is 5.54 Å². The van der Waals surface area contributed by atoms with Crippen molar-refractivity contribution in [1.29, 1.82) is 0 Å². The number of carbonyl (C=O) groups excluding carboxylic acids is 1. The molecule has 1 N–H and O–H groups in total. The van der Waals surface area contributed by atoms with Gasteiger partial charge in [-0.3, -0.25) is 4.79 Å². The van der Waals surface area contributed by atoms with Gasteiger partial charge in [0.2, 0.25) is 10.0 Å². The molecule has 0 aromatic heterocycles. The maximum absolute atomic E-state index is 13.0. The van der Waals surface area contributed by atoms with Gasteiger partial charge < -0.3 is 14.7 Å². The van der Waals surface area contributed by atoms with E-state index in [9.17, 15) is 23.1 Å². The van der Waals surface area contributed by atoms with Gasteiger partial charge in [0, 0.05) is 25.2 Å². The molecular formula is C18H24N2O6S. The first-order chi connectivity index (χ1) is 12.7. The fourth-order valence-electron chi connectivity index (χ4n) is 3.60. The topological polar surface area (TPSA) is 104 Å². The van der Waals surface area contributed by atoms with Crippen LogP contribution in [-0.4, -0.2) is 73.0 Å². The second-order valence-electron chi connectivity index (χ2n) is 7.14. The lowest BCUT2D eigenvalue weighted by Gasteiger charge is -2.31. The molecule has 2 saturated heterocycles. The Labute approximate surface area is 158 Å². The Balaban J connectivity index is 1.96. The van der Waals surface area contributed by atoms with E-state index in [1.54, 1.807) is 19.1 Å². The number of morpholine rings is 1. The fraction of sp³-hybridized carbons (Fsp3) is 0.556. The number of nitrogens with zero attached hydrogens (tertiary/aromatic N) is 2. The van der Waals surface area contributed by atoms with Gasteiger partial charge in [0.25, 0.3) is 5.91 Å². The minimum absolute atomic E-state index is 0.0754. The number of amides is 1. The Morgan fingerprint density at radius 3 is 2.48 bits per heavy atom. The fourth-order valence-corrected chi connectivity index (χ4v) is 5.26. The van der Waals surface area contributed by atoms with Crippen LogP contribution in [0.5, 0.6) is 0 Å². The van der Waals surface area contributed by atoms with Crippen LogP contribution in [0.2, 0.25) is 0 Å². The summed E-state index contributed by atoms with van der Waals surface area (Å²) in [5, 5.41) is 9.53. The molecule has 1 unspecified atom stereocenters. The van der Waals surface area contributed by atoms with Crippen molar-refractivity contribution < 1.29 is 27.9 Å². The van der Waals surface area contributed by atoms with Crippen LogP contribution in [0.15, 0.2) is 23.1 Å². The number of aliphatic carboxylic acids is 1. The number of sulfonamides is 1. The van der Waals surface area contributed by atoms with Crippen LogP contribution < -0.4 is 0 Å². The minimum atomic E-state index is -3.75. The molecule has 0 bridgehead atoms. The van der Waals surface area contributed by atoms with E-state index in [1.165, 1.54) is 22.2 Å². The number of hydrogen-bond acceptors (Lipinski definition) is 5. The predicted octanol–water partition coefficient (Wildman–Crippen LogP) is 1.10. The summed E-state index contributed by atoms with van der Waals surface area (Å²) >= 11 is 0. The molecule has 0 radical (unpaired) electrons. The Morgan fingerprint density at radius 1 is 1.19 bits per heavy atom. The van der Waals surface area contributed by atoms with Crippen LogP contribution in [0.4, 0.5) is 0 Å². The summed E-state index contributed by atoms with van der Waals surface area (Å²) in [6.07, 6.45) is 0.970. The first kappa shape index (κ1) is 19.8. The van der Waals surface area contributed by atoms with Crippen LogP contribution in [-0.2, 0) is 19.6 Å². The Bertz CT molecular complexity index is 863. The molecule has 0 spiro atoms. The summed E-state index contributed by atoms with van der Waals surface area (Å²) in [7, 11) is -3.75. The summed E-state index contributed by atoms with van der Waals surface area (Å²) in [4.78, 5) is 26.0. The monoisotopic (exact) mass is 396 g/mol. The van der Waals surface area contributed by atoms with Crippen LogP contribution in [0.1, 0.15) is 35.7 Å². The molecule has 9 heteroatoms. The molecule has 3 rings (SSSR count). The molecule has 2 aliphatic heterocycles. The van der Waals surface area contributed by atoms with Crippen molar-refractivity contribution in [1.82, 2.24) is 9.21 Å². The Hall–Kier alpha value is -1.97. The van der Waals surface area contributed by atoms with E-state index in [2.05, 4.69) is 0 Å². The first-order valence-electron chi connectivity index (χ1n) is 8.92. The van der Waals surface area contributed by atoms with Crippen LogP contribution in [0.25, 0.3) is 0 Å². The molecule has 1 aromatic rings. The maximum atomic E-state index is 13.0. The van der Waals surface area contributed by atoms with E-state index < -0.39 is 27.4 Å². The van der Waals surface area contributed by atoms with Crippen molar-refractivity contribution in [2.24, 2.45) is 0 Å². The van der Waals surface area contributed by atoms with Gasteiger partial charge in [0.05, 0.1) is 18.1 Å². The normalized spacial score (nSPS) is 24.1. The van der Waals surface area contributed by atoms with Gasteiger partial charge in [-0.05, 0) is 44.4 Å². The van der Waals surface area contributed by atoms with Gasteiger partial charge in [-0.1, -0.05) is 6.07 Å². The van der Waals surface area contributed by atoms with Gasteiger partial charge >= 0.3 is 5.97 Å². The number of likely N-dealkylation sites (tertiary alicyclic amines) is 1. The summed E-state index contributed by atoms with van der Waals surface area (Å²) < 4.78 is 32.5. The van der Waals surface area contributed by atoms with Crippen molar-refractivity contribution in [3.8, 4) is 0 Å². The van der Waals surface area contributed by atoms with Gasteiger partial charge in [-0.2, -0.15) is 4.31 Å². The molecule has 2 heterocycles. The molecule has 8 nitrogen and oxygen atoms in total. The van der Waals surface area contributed by atoms with E-state index in [0.29, 0.717) is 38.2 Å². The average molecular weight is 396 g/mol. The highest BCUT2D eigenvalue weighted by Crippen LogP contribution is 2.32. The molecule has 0 aliphatic carbocycles. The van der Waals surface area contributed by atoms with Gasteiger partial charge in [-0.15, -0.1) is 0 Å². The Kier molecular flexibility index (Phi) is 5.29. The Morgan fingerprint density at radius 2 is 1.85 bits per heavy atom. The second-order valence-corrected chi connectivity index (χ2v) is 9.04. The quantitative estimate of drug-likeness (QED) is 0.817. The molecular weight excluding hydrogens is 372 g/mol. The van der Waals surface area contributed by atoms with Gasteiger partial charge in [-0.25, -0.2) is 13.2 Å². The SMILES string of the molecule is Cc1ccc(C(=O)N2CCCC2(C)C(=O)O)cc1S(=O)(=O)N1CCOCC1. The number of benzene rings is 1. The molecule has 1 amide bonds. The van der Waals surface area contributed by atoms with Crippen molar-refractivity contribution in [2.75, 3.05) is 32.8 Å². The van der Waals surface area contributed by atoms with Crippen LogP contribution >= 0.6 is 0 Å². The third kappa shape index (κ3) is 3.46. The molecule has 2 fully saturated rings. The number of ether oxygens (including phenoxy) is 1. The molecule has 1 atom stereocenters. The number of carboxylic acids is 1. The van der Waals surface area contributed by atoms with E-state index in [-0.39, 0.29) is 23.5 Å². The van der Waals surface area contributed by atoms with Crippen LogP contribution in [0, 0.1) is 6.92 Å². The lowest BCUT2D eigenvalue weighted by atomic mass is 9.98. The maximum Gasteiger partial charge on any atom is 0.329 e. The first-order valence-corrected chi connectivity index (χ1v) is 10.4. The number of hydrogen-bond donors (Lipinski definition) is 1. The number of aryl methyl sites for hydroxylation is 1. The highest BCUT2D eigenvalue weighted by Gasteiger charge is 2.46. The van der Waals surface area contributed by atoms with Crippen molar-refractivity contribution in [2.45, 2.75) is 37.1 Å². The molecule has 2 aliphatic rings. The predicted molar refractivity (Wildman–Crippen MR) is 97.1 cm³/mol. The molecule has 1 aromatic carbocycles. The number of carboxylic acid groups (broad SMARTS) is 1. The molecule has 27 heavy (non-hydrogen) atoms. The zero-order valence-corrected chi connectivity index (χ0v) is 16.3. The highest BCUT2D eigenvalue weighted by atomic mass is 32.2. The van der Waals surface area contributed by atoms with Crippen LogP contribution in [0.3, 0.4) is 0 Å². The summed E-state index contributed by atoms with van der Waals surface area (Å²) in [5.74, 6) is -1.52. The largest absolute Gasteiger partial charge is 0.480 e.